The molecule has 0 amide bonds. The second kappa shape index (κ2) is 7.76. The van der Waals surface area contributed by atoms with Crippen molar-refractivity contribution in [2.75, 3.05) is 4.72 Å². The van der Waals surface area contributed by atoms with Crippen molar-refractivity contribution in [1.82, 2.24) is 14.5 Å². The Hall–Kier alpha value is -3.65. The summed E-state index contributed by atoms with van der Waals surface area (Å²) in [5.74, 6) is 1.60. The Kier molecular flexibility index (Phi) is 5.01. The summed E-state index contributed by atoms with van der Waals surface area (Å²) in [6, 6.07) is 18.9. The monoisotopic (exact) mass is 406 g/mol. The first-order valence-electron chi connectivity index (χ1n) is 8.82. The van der Waals surface area contributed by atoms with Crippen LogP contribution in [0.4, 0.5) is 5.69 Å². The summed E-state index contributed by atoms with van der Waals surface area (Å²) in [4.78, 5) is 8.54. The second-order valence-electron chi connectivity index (χ2n) is 6.35. The summed E-state index contributed by atoms with van der Waals surface area (Å²) in [7, 11) is -3.65. The molecule has 0 saturated carbocycles. The molecular weight excluding hydrogens is 388 g/mol. The van der Waals surface area contributed by atoms with Crippen molar-refractivity contribution >= 4 is 15.7 Å². The Labute approximate surface area is 168 Å². The maximum atomic E-state index is 12.5. The number of hydrogen-bond acceptors (Lipinski definition) is 5. The first-order valence-corrected chi connectivity index (χ1v) is 10.3. The Morgan fingerprint density at radius 1 is 0.931 bits per heavy atom. The molecule has 4 rings (SSSR count). The number of sulfonamides is 1. The minimum Gasteiger partial charge on any atom is -0.439 e. The fourth-order valence-electron chi connectivity index (χ4n) is 2.72. The van der Waals surface area contributed by atoms with E-state index in [9.17, 15) is 8.42 Å². The highest BCUT2D eigenvalue weighted by Crippen LogP contribution is 2.24. The number of aromatic nitrogens is 3. The van der Waals surface area contributed by atoms with Crippen molar-refractivity contribution in [2.24, 2.45) is 0 Å². The molecule has 2 aromatic heterocycles. The largest absolute Gasteiger partial charge is 0.439 e. The number of anilines is 1. The van der Waals surface area contributed by atoms with Gasteiger partial charge in [-0.05, 0) is 61.0 Å². The lowest BCUT2D eigenvalue weighted by Gasteiger charge is -2.10. The molecule has 0 saturated heterocycles. The molecule has 0 spiro atoms. The topological polar surface area (TPSA) is 86.1 Å². The zero-order valence-corrected chi connectivity index (χ0v) is 16.4. The molecule has 4 aromatic rings. The van der Waals surface area contributed by atoms with Crippen molar-refractivity contribution in [3.05, 3.63) is 91.0 Å². The molecule has 0 aliphatic heterocycles. The summed E-state index contributed by atoms with van der Waals surface area (Å²) >= 11 is 0. The number of ether oxygens (including phenoxy) is 1. The van der Waals surface area contributed by atoms with Gasteiger partial charge < -0.3 is 9.30 Å². The van der Waals surface area contributed by atoms with E-state index >= 15 is 0 Å². The second-order valence-corrected chi connectivity index (χ2v) is 8.04. The predicted molar refractivity (Wildman–Crippen MR) is 110 cm³/mol. The molecule has 0 aliphatic rings. The lowest BCUT2D eigenvalue weighted by molar-refractivity contribution is 0.461. The van der Waals surface area contributed by atoms with Gasteiger partial charge in [0.25, 0.3) is 10.0 Å². The summed E-state index contributed by atoms with van der Waals surface area (Å²) in [6.45, 7) is 1.85. The van der Waals surface area contributed by atoms with Crippen molar-refractivity contribution in [3.8, 4) is 17.4 Å². The molecule has 0 atom stereocenters. The third-order valence-electron chi connectivity index (χ3n) is 4.13. The number of benzene rings is 2. The number of hydrogen-bond donors (Lipinski definition) is 1. The van der Waals surface area contributed by atoms with Gasteiger partial charge in [0.15, 0.2) is 0 Å². The van der Waals surface area contributed by atoms with Gasteiger partial charge in [-0.25, -0.2) is 18.4 Å². The average Bonchev–Trinajstić information content (AvgIpc) is 3.25. The first-order chi connectivity index (χ1) is 14.0. The van der Waals surface area contributed by atoms with Crippen LogP contribution in [-0.4, -0.2) is 23.0 Å². The van der Waals surface area contributed by atoms with Crippen LogP contribution in [0.5, 0.6) is 11.6 Å². The summed E-state index contributed by atoms with van der Waals surface area (Å²) < 4.78 is 35.2. The maximum absolute atomic E-state index is 12.5. The van der Waals surface area contributed by atoms with Gasteiger partial charge in [-0.1, -0.05) is 12.1 Å². The van der Waals surface area contributed by atoms with Gasteiger partial charge in [0, 0.05) is 24.1 Å². The number of nitrogens with one attached hydrogen (secondary N) is 1. The van der Waals surface area contributed by atoms with E-state index in [1.807, 2.05) is 42.1 Å². The quantitative estimate of drug-likeness (QED) is 0.519. The summed E-state index contributed by atoms with van der Waals surface area (Å²) in [6.07, 6.45) is 5.18. The van der Waals surface area contributed by atoms with Crippen LogP contribution in [0.1, 0.15) is 5.56 Å². The summed E-state index contributed by atoms with van der Waals surface area (Å²) in [5, 5.41) is 0. The Morgan fingerprint density at radius 2 is 1.69 bits per heavy atom. The van der Waals surface area contributed by atoms with Gasteiger partial charge in [0.05, 0.1) is 4.90 Å². The molecule has 8 heteroatoms. The molecule has 2 heterocycles. The van der Waals surface area contributed by atoms with E-state index in [1.165, 1.54) is 6.33 Å². The lowest BCUT2D eigenvalue weighted by Crippen LogP contribution is -2.12. The van der Waals surface area contributed by atoms with Gasteiger partial charge in [-0.2, -0.15) is 0 Å². The van der Waals surface area contributed by atoms with Crippen molar-refractivity contribution in [1.29, 1.82) is 0 Å². The molecule has 0 aliphatic carbocycles. The number of rotatable bonds is 6. The van der Waals surface area contributed by atoms with Crippen LogP contribution in [0.2, 0.25) is 0 Å². The molecule has 0 unspecified atom stereocenters. The Bertz CT molecular complexity index is 1220. The van der Waals surface area contributed by atoms with E-state index in [2.05, 4.69) is 14.7 Å². The van der Waals surface area contributed by atoms with Crippen molar-refractivity contribution in [3.63, 3.8) is 0 Å². The molecule has 0 bridgehead atoms. The molecule has 29 heavy (non-hydrogen) atoms. The van der Waals surface area contributed by atoms with Crippen molar-refractivity contribution < 1.29 is 13.2 Å². The minimum atomic E-state index is -3.65. The Balaban J connectivity index is 1.48. The highest BCUT2D eigenvalue weighted by Gasteiger charge is 2.14. The van der Waals surface area contributed by atoms with Crippen molar-refractivity contribution in [2.45, 2.75) is 11.8 Å². The van der Waals surface area contributed by atoms with Gasteiger partial charge in [0.2, 0.25) is 5.88 Å². The molecule has 1 N–H and O–H groups in total. The number of nitrogens with zero attached hydrogens (tertiary/aromatic N) is 3. The fourth-order valence-corrected chi connectivity index (χ4v) is 3.89. The van der Waals surface area contributed by atoms with Crippen LogP contribution in [0, 0.1) is 6.92 Å². The average molecular weight is 406 g/mol. The van der Waals surface area contributed by atoms with Crippen LogP contribution >= 0.6 is 0 Å². The van der Waals surface area contributed by atoms with Crippen LogP contribution in [0.15, 0.2) is 90.3 Å². The SMILES string of the molecule is Cc1cccc(S(=O)(=O)Nc2ccc(Oc3cc(-n4cccc4)ncn3)cc2)c1. The zero-order chi connectivity index (χ0) is 20.3. The van der Waals surface area contributed by atoms with E-state index in [-0.39, 0.29) is 4.90 Å². The molecule has 146 valence electrons. The van der Waals surface area contributed by atoms with E-state index in [4.69, 9.17) is 4.74 Å². The van der Waals surface area contributed by atoms with Crippen LogP contribution < -0.4 is 9.46 Å². The normalized spacial score (nSPS) is 11.2. The molecule has 7 nitrogen and oxygen atoms in total. The highest BCUT2D eigenvalue weighted by molar-refractivity contribution is 7.92. The number of aryl methyl sites for hydroxylation is 1. The van der Waals surface area contributed by atoms with Crippen LogP contribution in [0.3, 0.4) is 0 Å². The van der Waals surface area contributed by atoms with E-state index in [0.717, 1.165) is 5.56 Å². The van der Waals surface area contributed by atoms with E-state index in [0.29, 0.717) is 23.1 Å². The van der Waals surface area contributed by atoms with Gasteiger partial charge in [0.1, 0.15) is 17.9 Å². The van der Waals surface area contributed by atoms with Gasteiger partial charge in [-0.15, -0.1) is 0 Å². The van der Waals surface area contributed by atoms with Crippen LogP contribution in [0.25, 0.3) is 5.82 Å². The molecule has 0 radical (unpaired) electrons. The fraction of sp³-hybridized carbons (Fsp3) is 0.0476. The first kappa shape index (κ1) is 18.7. The zero-order valence-electron chi connectivity index (χ0n) is 15.6. The van der Waals surface area contributed by atoms with E-state index in [1.54, 1.807) is 48.5 Å². The smallest absolute Gasteiger partial charge is 0.261 e. The minimum absolute atomic E-state index is 0.219. The third-order valence-corrected chi connectivity index (χ3v) is 5.50. The maximum Gasteiger partial charge on any atom is 0.261 e. The molecule has 0 fully saturated rings. The third kappa shape index (κ3) is 4.44. The predicted octanol–water partition coefficient (Wildman–Crippen LogP) is 4.17. The van der Waals surface area contributed by atoms with E-state index < -0.39 is 10.0 Å². The highest BCUT2D eigenvalue weighted by atomic mass is 32.2. The molecular formula is C21H18N4O3S. The lowest BCUT2D eigenvalue weighted by atomic mass is 10.2. The Morgan fingerprint density at radius 3 is 2.41 bits per heavy atom. The summed E-state index contributed by atoms with van der Waals surface area (Å²) in [5.41, 5.74) is 1.32. The van der Waals surface area contributed by atoms with Crippen LogP contribution in [-0.2, 0) is 10.0 Å². The van der Waals surface area contributed by atoms with Gasteiger partial charge in [-0.3, -0.25) is 4.72 Å². The van der Waals surface area contributed by atoms with Gasteiger partial charge >= 0.3 is 0 Å². The standard InChI is InChI=1S/C21H18N4O3S/c1-16-5-4-6-19(13-16)29(26,27)24-17-7-9-18(10-8-17)28-21-14-20(22-15-23-21)25-11-2-3-12-25/h2-15,24H,1H3. The molecule has 2 aromatic carbocycles.